The lowest BCUT2D eigenvalue weighted by molar-refractivity contribution is -0.115. The summed E-state index contributed by atoms with van der Waals surface area (Å²) in [5.74, 6) is -0.256. The highest BCUT2D eigenvalue weighted by atomic mass is 32.2. The molecule has 1 rings (SSSR count). The van der Waals surface area contributed by atoms with Crippen LogP contribution in [0.4, 0.5) is 4.79 Å². The predicted octanol–water partition coefficient (Wildman–Crippen LogP) is 2.97. The molecule has 0 aliphatic carbocycles. The maximum absolute atomic E-state index is 11.2. The minimum Gasteiger partial charge on any atom is -0.396 e. The normalized spacial score (nSPS) is 17.5. The summed E-state index contributed by atoms with van der Waals surface area (Å²) in [6, 6.07) is 0. The van der Waals surface area contributed by atoms with Crippen LogP contribution < -0.4 is 5.32 Å². The second-order valence-corrected chi connectivity index (χ2v) is 5.41. The van der Waals surface area contributed by atoms with E-state index in [-0.39, 0.29) is 11.1 Å². The zero-order valence-corrected chi connectivity index (χ0v) is 11.4. The smallest absolute Gasteiger partial charge is 0.290 e. The van der Waals surface area contributed by atoms with Crippen molar-refractivity contribution in [1.82, 2.24) is 5.32 Å². The molecule has 4 nitrogen and oxygen atoms in total. The van der Waals surface area contributed by atoms with Crippen LogP contribution in [-0.2, 0) is 4.79 Å². The summed E-state index contributed by atoms with van der Waals surface area (Å²) in [5, 5.41) is 10.6. The fraction of sp³-hybridized carbons (Fsp3) is 0.692. The molecule has 1 heterocycles. The number of aliphatic hydroxyl groups is 1. The summed E-state index contributed by atoms with van der Waals surface area (Å²) < 4.78 is 0. The first-order valence-electron chi connectivity index (χ1n) is 6.58. The molecule has 0 atom stereocenters. The number of hydrogen-bond acceptors (Lipinski definition) is 4. The van der Waals surface area contributed by atoms with E-state index in [4.69, 9.17) is 5.11 Å². The Hall–Kier alpha value is -0.810. The summed E-state index contributed by atoms with van der Waals surface area (Å²) in [6.07, 6.45) is 10.6. The number of nitrogens with one attached hydrogen (secondary N) is 1. The maximum atomic E-state index is 11.2. The molecule has 0 aromatic heterocycles. The average Bonchev–Trinajstić information content (AvgIpc) is 2.66. The number of imide groups is 1. The molecule has 1 saturated heterocycles. The number of unbranched alkanes of at least 4 members (excludes halogenated alkanes) is 7. The molecular formula is C13H21NO3S. The van der Waals surface area contributed by atoms with Crippen molar-refractivity contribution in [2.45, 2.75) is 51.4 Å². The van der Waals surface area contributed by atoms with Crippen molar-refractivity contribution < 1.29 is 14.7 Å². The molecule has 2 amide bonds. The highest BCUT2D eigenvalue weighted by molar-refractivity contribution is 8.18. The average molecular weight is 271 g/mol. The molecule has 0 aromatic carbocycles. The molecule has 0 unspecified atom stereocenters. The first-order chi connectivity index (χ1) is 8.74. The SMILES string of the molecule is O=C1NC(=O)/C(=C/CCCCCCCCCO)S1. The van der Waals surface area contributed by atoms with Crippen LogP contribution in [0.15, 0.2) is 11.0 Å². The van der Waals surface area contributed by atoms with Crippen LogP contribution >= 0.6 is 11.8 Å². The molecule has 0 saturated carbocycles. The third-order valence-corrected chi connectivity index (χ3v) is 3.69. The molecule has 0 aromatic rings. The number of carbonyl (C=O) groups excluding carboxylic acids is 2. The molecule has 0 spiro atoms. The molecule has 1 aliphatic rings. The van der Waals surface area contributed by atoms with Crippen LogP contribution in [0, 0.1) is 0 Å². The van der Waals surface area contributed by atoms with Gasteiger partial charge in [0.1, 0.15) is 0 Å². The molecule has 0 bridgehead atoms. The molecular weight excluding hydrogens is 250 g/mol. The van der Waals surface area contributed by atoms with E-state index in [1.807, 2.05) is 6.08 Å². The minimum absolute atomic E-state index is 0.256. The standard InChI is InChI=1S/C13H21NO3S/c15-10-8-6-4-2-1-3-5-7-9-11-12(16)14-13(17)18-11/h9,15H,1-8,10H2,(H,14,16,17)/b11-9-. The Bertz CT molecular complexity index is 315. The number of aliphatic hydroxyl groups excluding tert-OH is 1. The van der Waals surface area contributed by atoms with Gasteiger partial charge >= 0.3 is 0 Å². The van der Waals surface area contributed by atoms with Gasteiger partial charge in [0.25, 0.3) is 11.1 Å². The van der Waals surface area contributed by atoms with Gasteiger partial charge in [-0.1, -0.05) is 38.2 Å². The molecule has 5 heteroatoms. The number of carbonyl (C=O) groups is 2. The summed E-state index contributed by atoms with van der Waals surface area (Å²) in [7, 11) is 0. The largest absolute Gasteiger partial charge is 0.396 e. The number of amides is 2. The number of allylic oxidation sites excluding steroid dienone is 1. The zero-order valence-electron chi connectivity index (χ0n) is 10.6. The van der Waals surface area contributed by atoms with Gasteiger partial charge < -0.3 is 5.11 Å². The lowest BCUT2D eigenvalue weighted by atomic mass is 10.1. The zero-order chi connectivity index (χ0) is 13.2. The van der Waals surface area contributed by atoms with Gasteiger partial charge in [-0.2, -0.15) is 0 Å². The van der Waals surface area contributed by atoms with Gasteiger partial charge in [-0.25, -0.2) is 0 Å². The van der Waals surface area contributed by atoms with E-state index in [1.165, 1.54) is 19.3 Å². The van der Waals surface area contributed by atoms with Crippen molar-refractivity contribution in [1.29, 1.82) is 0 Å². The van der Waals surface area contributed by atoms with Crippen molar-refractivity contribution in [3.8, 4) is 0 Å². The molecule has 1 aliphatic heterocycles. The Morgan fingerprint density at radius 2 is 1.61 bits per heavy atom. The first kappa shape index (κ1) is 15.2. The van der Waals surface area contributed by atoms with E-state index in [0.29, 0.717) is 11.5 Å². The van der Waals surface area contributed by atoms with E-state index < -0.39 is 0 Å². The van der Waals surface area contributed by atoms with E-state index in [1.54, 1.807) is 0 Å². The van der Waals surface area contributed by atoms with Crippen molar-refractivity contribution >= 4 is 22.9 Å². The van der Waals surface area contributed by atoms with Gasteiger partial charge in [-0.15, -0.1) is 0 Å². The summed E-state index contributed by atoms with van der Waals surface area (Å²) in [5.41, 5.74) is 0. The Balaban J connectivity index is 1.97. The number of rotatable bonds is 9. The third-order valence-electron chi connectivity index (χ3n) is 2.83. The van der Waals surface area contributed by atoms with Gasteiger partial charge in [-0.05, 0) is 31.0 Å². The number of hydrogen-bond donors (Lipinski definition) is 2. The summed E-state index contributed by atoms with van der Waals surface area (Å²) >= 11 is 0.989. The first-order valence-corrected chi connectivity index (χ1v) is 7.40. The van der Waals surface area contributed by atoms with E-state index >= 15 is 0 Å². The summed E-state index contributed by atoms with van der Waals surface area (Å²) in [4.78, 5) is 22.7. The molecule has 0 radical (unpaired) electrons. The highest BCUT2D eigenvalue weighted by Gasteiger charge is 2.24. The summed E-state index contributed by atoms with van der Waals surface area (Å²) in [6.45, 7) is 0.298. The van der Waals surface area contributed by atoms with Gasteiger partial charge in [0.05, 0.1) is 4.91 Å². The van der Waals surface area contributed by atoms with Crippen molar-refractivity contribution in [3.63, 3.8) is 0 Å². The predicted molar refractivity (Wildman–Crippen MR) is 73.2 cm³/mol. The van der Waals surface area contributed by atoms with Gasteiger partial charge in [0.2, 0.25) is 0 Å². The highest BCUT2D eigenvalue weighted by Crippen LogP contribution is 2.23. The van der Waals surface area contributed by atoms with Crippen molar-refractivity contribution in [2.24, 2.45) is 0 Å². The molecule has 102 valence electrons. The van der Waals surface area contributed by atoms with Gasteiger partial charge in [-0.3, -0.25) is 14.9 Å². The monoisotopic (exact) mass is 271 g/mol. The van der Waals surface area contributed by atoms with Crippen LogP contribution in [0.1, 0.15) is 51.4 Å². The van der Waals surface area contributed by atoms with E-state index in [0.717, 1.165) is 43.9 Å². The Kier molecular flexibility index (Phi) is 7.76. The number of thioether (sulfide) groups is 1. The van der Waals surface area contributed by atoms with Crippen LogP contribution in [0.3, 0.4) is 0 Å². The van der Waals surface area contributed by atoms with Crippen molar-refractivity contribution in [3.05, 3.63) is 11.0 Å². The minimum atomic E-state index is -0.268. The van der Waals surface area contributed by atoms with E-state index in [2.05, 4.69) is 5.32 Å². The second kappa shape index (κ2) is 9.16. The fourth-order valence-electron chi connectivity index (χ4n) is 1.83. The molecule has 2 N–H and O–H groups in total. The Labute approximate surface area is 112 Å². The molecule has 18 heavy (non-hydrogen) atoms. The lowest BCUT2D eigenvalue weighted by Gasteiger charge is -1.99. The van der Waals surface area contributed by atoms with Crippen LogP contribution in [0.2, 0.25) is 0 Å². The maximum Gasteiger partial charge on any atom is 0.290 e. The second-order valence-electron chi connectivity index (χ2n) is 4.40. The van der Waals surface area contributed by atoms with Crippen LogP contribution in [0.25, 0.3) is 0 Å². The quantitative estimate of drug-likeness (QED) is 0.500. The topological polar surface area (TPSA) is 66.4 Å². The lowest BCUT2D eigenvalue weighted by Crippen LogP contribution is -2.17. The third kappa shape index (κ3) is 6.21. The molecule has 1 fully saturated rings. The van der Waals surface area contributed by atoms with Crippen molar-refractivity contribution in [2.75, 3.05) is 6.61 Å². The Morgan fingerprint density at radius 1 is 1.00 bits per heavy atom. The van der Waals surface area contributed by atoms with Gasteiger partial charge in [0.15, 0.2) is 0 Å². The van der Waals surface area contributed by atoms with Crippen LogP contribution in [-0.4, -0.2) is 22.9 Å². The Morgan fingerprint density at radius 3 is 2.17 bits per heavy atom. The van der Waals surface area contributed by atoms with Gasteiger partial charge in [0, 0.05) is 6.61 Å². The van der Waals surface area contributed by atoms with Crippen LogP contribution in [0.5, 0.6) is 0 Å². The van der Waals surface area contributed by atoms with E-state index in [9.17, 15) is 9.59 Å². The fourth-order valence-corrected chi connectivity index (χ4v) is 2.52.